The predicted octanol–water partition coefficient (Wildman–Crippen LogP) is 4.23. The van der Waals surface area contributed by atoms with E-state index in [1.54, 1.807) is 53.6 Å². The topological polar surface area (TPSA) is 79.3 Å². The average Bonchev–Trinajstić information content (AvgIpc) is 3.35. The van der Waals surface area contributed by atoms with Crippen molar-refractivity contribution >= 4 is 23.2 Å². The number of aromatic hydroxyl groups is 1. The lowest BCUT2D eigenvalue weighted by Gasteiger charge is -2.29. The molecule has 2 aliphatic rings. The maximum atomic E-state index is 13.6. The van der Waals surface area contributed by atoms with Crippen molar-refractivity contribution < 1.29 is 24.3 Å². The Morgan fingerprint density at radius 3 is 2.27 bits per heavy atom. The van der Waals surface area contributed by atoms with Crippen molar-refractivity contribution in [3.05, 3.63) is 84.4 Å². The molecule has 3 aromatic carbocycles. The number of ether oxygens (including phenoxy) is 1. The molecule has 2 aliphatic heterocycles. The summed E-state index contributed by atoms with van der Waals surface area (Å²) in [5.41, 5.74) is 1.69. The molecule has 0 unspecified atom stereocenters. The van der Waals surface area contributed by atoms with Crippen LogP contribution in [0.3, 0.4) is 0 Å². The molecule has 2 amide bonds. The van der Waals surface area contributed by atoms with Gasteiger partial charge in [0, 0.05) is 5.56 Å². The van der Waals surface area contributed by atoms with Gasteiger partial charge in [-0.25, -0.2) is 9.96 Å². The van der Waals surface area contributed by atoms with Crippen molar-refractivity contribution in [2.45, 2.75) is 25.5 Å². The van der Waals surface area contributed by atoms with Crippen molar-refractivity contribution in [2.24, 2.45) is 5.92 Å². The summed E-state index contributed by atoms with van der Waals surface area (Å²) in [4.78, 5) is 34.2. The molecule has 2 fully saturated rings. The highest BCUT2D eigenvalue weighted by Crippen LogP contribution is 2.49. The van der Waals surface area contributed by atoms with Crippen LogP contribution < -0.4 is 14.7 Å². The van der Waals surface area contributed by atoms with E-state index in [1.807, 2.05) is 37.3 Å². The van der Waals surface area contributed by atoms with Crippen LogP contribution in [0.1, 0.15) is 24.9 Å². The SMILES string of the molecule is CCCOc1ccc(N2C(=O)[C@H]3[C@@H](c4ccccc4O)N(c4ccccc4)O[C@H]3C2=O)cc1. The fourth-order valence-corrected chi connectivity index (χ4v) is 4.43. The van der Waals surface area contributed by atoms with Gasteiger partial charge in [-0.05, 0) is 48.9 Å². The number of anilines is 2. The number of phenols is 1. The van der Waals surface area contributed by atoms with E-state index in [0.717, 1.165) is 6.42 Å². The minimum Gasteiger partial charge on any atom is -0.508 e. The number of para-hydroxylation sites is 2. The maximum absolute atomic E-state index is 13.6. The number of nitrogens with zero attached hydrogens (tertiary/aromatic N) is 2. The standard InChI is InChI=1S/C26H24N2O5/c1-2-16-32-19-14-12-17(13-15-19)27-25(30)22-23(20-10-6-7-11-21(20)29)28(33-24(22)26(27)31)18-8-4-3-5-9-18/h3-15,22-24,29H,2,16H2,1H3/t22-,23+,24+/m0/s1. The minimum absolute atomic E-state index is 0.0452. The third-order valence-corrected chi connectivity index (χ3v) is 5.95. The fraction of sp³-hybridized carbons (Fsp3) is 0.231. The average molecular weight is 444 g/mol. The number of phenolic OH excluding ortho intramolecular Hbond substituents is 1. The summed E-state index contributed by atoms with van der Waals surface area (Å²) in [6.45, 7) is 2.62. The maximum Gasteiger partial charge on any atom is 0.266 e. The number of rotatable bonds is 6. The van der Waals surface area contributed by atoms with Gasteiger partial charge < -0.3 is 9.84 Å². The smallest absolute Gasteiger partial charge is 0.266 e. The van der Waals surface area contributed by atoms with Gasteiger partial charge in [0.15, 0.2) is 6.10 Å². The van der Waals surface area contributed by atoms with Gasteiger partial charge in [-0.3, -0.25) is 14.4 Å². The van der Waals surface area contributed by atoms with Crippen LogP contribution in [0.25, 0.3) is 0 Å². The number of carbonyl (C=O) groups is 2. The molecule has 7 heteroatoms. The lowest BCUT2D eigenvalue weighted by molar-refractivity contribution is -0.126. The summed E-state index contributed by atoms with van der Waals surface area (Å²) >= 11 is 0. The minimum atomic E-state index is -0.988. The van der Waals surface area contributed by atoms with Crippen molar-refractivity contribution in [1.29, 1.82) is 0 Å². The molecule has 0 aliphatic carbocycles. The molecule has 3 aromatic rings. The molecule has 0 spiro atoms. The predicted molar refractivity (Wildman–Crippen MR) is 123 cm³/mol. The van der Waals surface area contributed by atoms with Crippen LogP contribution in [-0.4, -0.2) is 29.6 Å². The van der Waals surface area contributed by atoms with Gasteiger partial charge in [-0.15, -0.1) is 0 Å². The number of hydrogen-bond acceptors (Lipinski definition) is 6. The molecule has 33 heavy (non-hydrogen) atoms. The van der Waals surface area contributed by atoms with E-state index < -0.39 is 24.0 Å². The molecule has 0 aromatic heterocycles. The van der Waals surface area contributed by atoms with Crippen molar-refractivity contribution in [3.63, 3.8) is 0 Å². The monoisotopic (exact) mass is 444 g/mol. The van der Waals surface area contributed by atoms with Crippen molar-refractivity contribution in [2.75, 3.05) is 16.6 Å². The highest BCUT2D eigenvalue weighted by atomic mass is 16.7. The largest absolute Gasteiger partial charge is 0.508 e. The normalized spacial score (nSPS) is 22.0. The van der Waals surface area contributed by atoms with E-state index in [2.05, 4.69) is 0 Å². The summed E-state index contributed by atoms with van der Waals surface area (Å²) < 4.78 is 5.60. The Hall–Kier alpha value is -3.84. The first kappa shape index (κ1) is 21.0. The zero-order valence-electron chi connectivity index (χ0n) is 18.1. The summed E-state index contributed by atoms with van der Waals surface area (Å²) in [6.07, 6.45) is -0.102. The first-order valence-corrected chi connectivity index (χ1v) is 11.0. The second-order valence-corrected chi connectivity index (χ2v) is 8.07. The molecule has 0 saturated carbocycles. The van der Waals surface area contributed by atoms with Gasteiger partial charge in [0.2, 0.25) is 5.91 Å². The zero-order chi connectivity index (χ0) is 22.9. The van der Waals surface area contributed by atoms with Crippen LogP contribution in [0.2, 0.25) is 0 Å². The van der Waals surface area contributed by atoms with E-state index in [0.29, 0.717) is 29.3 Å². The van der Waals surface area contributed by atoms with Gasteiger partial charge in [-0.1, -0.05) is 43.3 Å². The highest BCUT2D eigenvalue weighted by Gasteiger charge is 2.60. The Morgan fingerprint density at radius 1 is 0.879 bits per heavy atom. The Balaban J connectivity index is 1.51. The molecule has 0 radical (unpaired) electrons. The van der Waals surface area contributed by atoms with E-state index >= 15 is 0 Å². The molecule has 7 nitrogen and oxygen atoms in total. The van der Waals surface area contributed by atoms with E-state index in [9.17, 15) is 14.7 Å². The summed E-state index contributed by atoms with van der Waals surface area (Å²) in [6, 6.07) is 22.3. The van der Waals surface area contributed by atoms with Crippen molar-refractivity contribution in [1.82, 2.24) is 0 Å². The molecule has 5 rings (SSSR count). The van der Waals surface area contributed by atoms with Gasteiger partial charge >= 0.3 is 0 Å². The number of amides is 2. The summed E-state index contributed by atoms with van der Waals surface area (Å²) in [5, 5.41) is 12.2. The van der Waals surface area contributed by atoms with Crippen molar-refractivity contribution in [3.8, 4) is 11.5 Å². The quantitative estimate of drug-likeness (QED) is 0.573. The van der Waals surface area contributed by atoms with E-state index in [1.165, 1.54) is 4.90 Å². The van der Waals surface area contributed by atoms with Gasteiger partial charge in [0.05, 0.1) is 24.0 Å². The molecular formula is C26H24N2O5. The second kappa shape index (κ2) is 8.60. The number of hydrogen-bond donors (Lipinski definition) is 1. The van der Waals surface area contributed by atoms with Crippen LogP contribution in [0, 0.1) is 5.92 Å². The number of fused-ring (bicyclic) bond motifs is 1. The van der Waals surface area contributed by atoms with Gasteiger partial charge in [0.1, 0.15) is 17.4 Å². The lowest BCUT2D eigenvalue weighted by atomic mass is 9.90. The molecule has 3 atom stereocenters. The first-order chi connectivity index (χ1) is 16.1. The van der Waals surface area contributed by atoms with Crippen LogP contribution in [0.15, 0.2) is 78.9 Å². The first-order valence-electron chi connectivity index (χ1n) is 11.0. The molecule has 0 bridgehead atoms. The highest BCUT2D eigenvalue weighted by molar-refractivity contribution is 6.24. The Morgan fingerprint density at radius 2 is 1.58 bits per heavy atom. The van der Waals surface area contributed by atoms with E-state index in [-0.39, 0.29) is 11.7 Å². The second-order valence-electron chi connectivity index (χ2n) is 8.07. The molecule has 2 saturated heterocycles. The number of imide groups is 1. The molecule has 1 N–H and O–H groups in total. The fourth-order valence-electron chi connectivity index (χ4n) is 4.43. The van der Waals surface area contributed by atoms with Crippen LogP contribution >= 0.6 is 0 Å². The molecular weight excluding hydrogens is 420 g/mol. The summed E-state index contributed by atoms with van der Waals surface area (Å²) in [7, 11) is 0. The number of benzene rings is 3. The van der Waals surface area contributed by atoms with Crippen LogP contribution in [0.5, 0.6) is 11.5 Å². The third kappa shape index (κ3) is 3.60. The third-order valence-electron chi connectivity index (χ3n) is 5.95. The molecule has 168 valence electrons. The van der Waals surface area contributed by atoms with Gasteiger partial charge in [0.25, 0.3) is 5.91 Å². The Labute approximate surface area is 191 Å². The lowest BCUT2D eigenvalue weighted by Crippen LogP contribution is -2.37. The van der Waals surface area contributed by atoms with Crippen LogP contribution in [0.4, 0.5) is 11.4 Å². The Bertz CT molecular complexity index is 1160. The van der Waals surface area contributed by atoms with Crippen LogP contribution in [-0.2, 0) is 14.4 Å². The number of hydroxylamine groups is 1. The van der Waals surface area contributed by atoms with E-state index in [4.69, 9.17) is 9.57 Å². The van der Waals surface area contributed by atoms with Gasteiger partial charge in [-0.2, -0.15) is 0 Å². The Kier molecular flexibility index (Phi) is 5.48. The zero-order valence-corrected chi connectivity index (χ0v) is 18.1. The summed E-state index contributed by atoms with van der Waals surface area (Å²) in [5.74, 6) is -0.866. The number of carbonyl (C=O) groups excluding carboxylic acids is 2. The molecule has 2 heterocycles.